The second kappa shape index (κ2) is 6.24. The van der Waals surface area contributed by atoms with Crippen LogP contribution < -0.4 is 5.32 Å². The van der Waals surface area contributed by atoms with Crippen LogP contribution in [0.3, 0.4) is 0 Å². The first-order valence-electron chi connectivity index (χ1n) is 7.84. The van der Waals surface area contributed by atoms with Gasteiger partial charge in [-0.05, 0) is 50.6 Å². The molecule has 1 unspecified atom stereocenters. The van der Waals surface area contributed by atoms with Crippen LogP contribution in [0.15, 0.2) is 47.1 Å². The van der Waals surface area contributed by atoms with Crippen LogP contribution in [0.2, 0.25) is 0 Å². The summed E-state index contributed by atoms with van der Waals surface area (Å²) < 4.78 is 5.43. The van der Waals surface area contributed by atoms with E-state index in [4.69, 9.17) is 4.42 Å². The van der Waals surface area contributed by atoms with Gasteiger partial charge in [-0.25, -0.2) is 4.98 Å². The fraction of sp³-hybridized carbons (Fsp3) is 0.263. The second-order valence-corrected chi connectivity index (χ2v) is 5.84. The molecule has 118 valence electrons. The first-order chi connectivity index (χ1) is 11.1. The van der Waals surface area contributed by atoms with Crippen molar-refractivity contribution in [2.75, 3.05) is 0 Å². The average molecular weight is 308 g/mol. The summed E-state index contributed by atoms with van der Waals surface area (Å²) in [5.41, 5.74) is 3.19. The van der Waals surface area contributed by atoms with Crippen molar-refractivity contribution in [3.8, 4) is 11.5 Å². The average Bonchev–Trinajstić information content (AvgIpc) is 3.08. The van der Waals surface area contributed by atoms with E-state index < -0.39 is 0 Å². The number of carbonyl (C=O) groups is 1. The van der Waals surface area contributed by atoms with Crippen molar-refractivity contribution >= 4 is 16.8 Å². The maximum absolute atomic E-state index is 12.7. The summed E-state index contributed by atoms with van der Waals surface area (Å²) in [5.74, 6) is 0.579. The highest BCUT2D eigenvalue weighted by atomic mass is 16.3. The highest BCUT2D eigenvalue weighted by Crippen LogP contribution is 2.26. The Labute approximate surface area is 135 Å². The number of nitrogens with one attached hydrogen (secondary N) is 1. The Hall–Kier alpha value is -2.62. The zero-order valence-corrected chi connectivity index (χ0v) is 13.6. The van der Waals surface area contributed by atoms with Crippen molar-refractivity contribution in [2.24, 2.45) is 0 Å². The molecule has 0 aliphatic carbocycles. The summed E-state index contributed by atoms with van der Waals surface area (Å²) in [6.45, 7) is 6.06. The van der Waals surface area contributed by atoms with E-state index >= 15 is 0 Å². The summed E-state index contributed by atoms with van der Waals surface area (Å²) in [5, 5.41) is 3.89. The van der Waals surface area contributed by atoms with Gasteiger partial charge in [0, 0.05) is 11.4 Å². The van der Waals surface area contributed by atoms with Gasteiger partial charge in [-0.1, -0.05) is 18.6 Å². The van der Waals surface area contributed by atoms with E-state index in [9.17, 15) is 4.79 Å². The minimum atomic E-state index is -0.0786. The molecule has 1 amide bonds. The van der Waals surface area contributed by atoms with Gasteiger partial charge in [-0.15, -0.1) is 0 Å². The molecule has 0 aliphatic heterocycles. The van der Waals surface area contributed by atoms with Crippen LogP contribution in [0.25, 0.3) is 22.4 Å². The minimum absolute atomic E-state index is 0.0786. The smallest absolute Gasteiger partial charge is 0.252 e. The first kappa shape index (κ1) is 15.3. The third-order valence-corrected chi connectivity index (χ3v) is 3.97. The molecule has 0 bridgehead atoms. The molecule has 4 nitrogen and oxygen atoms in total. The number of furan rings is 1. The van der Waals surface area contributed by atoms with Gasteiger partial charge < -0.3 is 9.73 Å². The van der Waals surface area contributed by atoms with Crippen molar-refractivity contribution in [3.05, 3.63) is 53.8 Å². The van der Waals surface area contributed by atoms with E-state index in [1.165, 1.54) is 0 Å². The van der Waals surface area contributed by atoms with E-state index in [0.29, 0.717) is 17.0 Å². The lowest BCUT2D eigenvalue weighted by molar-refractivity contribution is 0.0941. The molecular weight excluding hydrogens is 288 g/mol. The summed E-state index contributed by atoms with van der Waals surface area (Å²) >= 11 is 0. The fourth-order valence-electron chi connectivity index (χ4n) is 2.48. The standard InChI is InChI=1S/C19H20N2O2/c1-4-13(3)20-19(22)15-11-17(18-6-5-9-23-18)21-16-8-7-12(2)10-14(15)16/h5-11,13H,4H2,1-3H3,(H,20,22). The molecule has 3 aromatic rings. The summed E-state index contributed by atoms with van der Waals surface area (Å²) in [7, 11) is 0. The highest BCUT2D eigenvalue weighted by molar-refractivity contribution is 6.07. The summed E-state index contributed by atoms with van der Waals surface area (Å²) in [6.07, 6.45) is 2.49. The Morgan fingerprint density at radius 1 is 1.30 bits per heavy atom. The number of aryl methyl sites for hydroxylation is 1. The van der Waals surface area contributed by atoms with Gasteiger partial charge in [0.25, 0.3) is 5.91 Å². The van der Waals surface area contributed by atoms with Crippen molar-refractivity contribution in [1.82, 2.24) is 10.3 Å². The number of rotatable bonds is 4. The Morgan fingerprint density at radius 3 is 2.83 bits per heavy atom. The monoisotopic (exact) mass is 308 g/mol. The quantitative estimate of drug-likeness (QED) is 0.780. The van der Waals surface area contributed by atoms with E-state index in [1.54, 1.807) is 12.3 Å². The lowest BCUT2D eigenvalue weighted by Crippen LogP contribution is -2.32. The van der Waals surface area contributed by atoms with Crippen molar-refractivity contribution in [3.63, 3.8) is 0 Å². The zero-order valence-electron chi connectivity index (χ0n) is 13.6. The number of fused-ring (bicyclic) bond motifs is 1. The first-order valence-corrected chi connectivity index (χ1v) is 7.84. The molecule has 0 radical (unpaired) electrons. The molecule has 23 heavy (non-hydrogen) atoms. The highest BCUT2D eigenvalue weighted by Gasteiger charge is 2.16. The summed E-state index contributed by atoms with van der Waals surface area (Å²) in [6, 6.07) is 11.5. The number of nitrogens with zero attached hydrogens (tertiary/aromatic N) is 1. The van der Waals surface area contributed by atoms with Crippen LogP contribution in [0.5, 0.6) is 0 Å². The number of aromatic nitrogens is 1. The fourth-order valence-corrected chi connectivity index (χ4v) is 2.48. The van der Waals surface area contributed by atoms with Gasteiger partial charge in [0.1, 0.15) is 5.69 Å². The number of amides is 1. The molecule has 2 aromatic heterocycles. The molecule has 1 aromatic carbocycles. The topological polar surface area (TPSA) is 55.1 Å². The predicted molar refractivity (Wildman–Crippen MR) is 91.4 cm³/mol. The van der Waals surface area contributed by atoms with Crippen LogP contribution in [0.1, 0.15) is 36.2 Å². The maximum Gasteiger partial charge on any atom is 0.252 e. The molecule has 2 heterocycles. The van der Waals surface area contributed by atoms with Crippen molar-refractivity contribution in [1.29, 1.82) is 0 Å². The Kier molecular flexibility index (Phi) is 4.15. The Bertz CT molecular complexity index is 838. The molecule has 0 fully saturated rings. The molecule has 4 heteroatoms. The molecule has 0 spiro atoms. The molecule has 1 atom stereocenters. The molecule has 1 N–H and O–H groups in total. The van der Waals surface area contributed by atoms with Crippen LogP contribution in [-0.2, 0) is 0 Å². The van der Waals surface area contributed by atoms with E-state index in [2.05, 4.69) is 10.3 Å². The largest absolute Gasteiger partial charge is 0.463 e. The van der Waals surface area contributed by atoms with E-state index in [0.717, 1.165) is 22.9 Å². The van der Waals surface area contributed by atoms with E-state index in [-0.39, 0.29) is 11.9 Å². The second-order valence-electron chi connectivity index (χ2n) is 5.84. The number of hydrogen-bond acceptors (Lipinski definition) is 3. The number of pyridine rings is 1. The zero-order chi connectivity index (χ0) is 16.4. The number of benzene rings is 1. The third kappa shape index (κ3) is 3.11. The Balaban J connectivity index is 2.16. The number of carbonyl (C=O) groups excluding carboxylic acids is 1. The van der Waals surface area contributed by atoms with Crippen LogP contribution in [-0.4, -0.2) is 16.9 Å². The summed E-state index contributed by atoms with van der Waals surface area (Å²) in [4.78, 5) is 17.3. The minimum Gasteiger partial charge on any atom is -0.463 e. The normalized spacial score (nSPS) is 12.3. The van der Waals surface area contributed by atoms with Crippen molar-refractivity contribution < 1.29 is 9.21 Å². The van der Waals surface area contributed by atoms with Gasteiger partial charge in [0.15, 0.2) is 5.76 Å². The van der Waals surface area contributed by atoms with Gasteiger partial charge >= 0.3 is 0 Å². The van der Waals surface area contributed by atoms with Crippen LogP contribution in [0.4, 0.5) is 0 Å². The lowest BCUT2D eigenvalue weighted by atomic mass is 10.0. The SMILES string of the molecule is CCC(C)NC(=O)c1cc(-c2ccco2)nc2ccc(C)cc12. The van der Waals surface area contributed by atoms with Crippen LogP contribution >= 0.6 is 0 Å². The van der Waals surface area contributed by atoms with Gasteiger partial charge in [0.2, 0.25) is 0 Å². The molecular formula is C19H20N2O2. The van der Waals surface area contributed by atoms with Gasteiger partial charge in [-0.3, -0.25) is 4.79 Å². The van der Waals surface area contributed by atoms with Gasteiger partial charge in [-0.2, -0.15) is 0 Å². The molecule has 0 aliphatic rings. The maximum atomic E-state index is 12.7. The Morgan fingerprint density at radius 2 is 2.13 bits per heavy atom. The number of hydrogen-bond donors (Lipinski definition) is 1. The van der Waals surface area contributed by atoms with Crippen LogP contribution in [0, 0.1) is 6.92 Å². The van der Waals surface area contributed by atoms with Crippen molar-refractivity contribution in [2.45, 2.75) is 33.2 Å². The predicted octanol–water partition coefficient (Wildman–Crippen LogP) is 4.33. The van der Waals surface area contributed by atoms with E-state index in [1.807, 2.05) is 51.1 Å². The third-order valence-electron chi connectivity index (χ3n) is 3.97. The van der Waals surface area contributed by atoms with Gasteiger partial charge in [0.05, 0.1) is 17.3 Å². The molecule has 0 saturated heterocycles. The molecule has 0 saturated carbocycles. The molecule has 3 rings (SSSR count). The lowest BCUT2D eigenvalue weighted by Gasteiger charge is -2.14.